The molecular formula is C23H41N7O11S2. The zero-order valence-corrected chi connectivity index (χ0v) is 25.2. The Morgan fingerprint density at radius 1 is 0.721 bits per heavy atom. The van der Waals surface area contributed by atoms with Gasteiger partial charge in [0.1, 0.15) is 30.2 Å². The van der Waals surface area contributed by atoms with E-state index in [1.54, 1.807) is 0 Å². The van der Waals surface area contributed by atoms with Crippen LogP contribution in [0.2, 0.25) is 0 Å². The second-order valence-electron chi connectivity index (χ2n) is 9.35. The first-order valence-electron chi connectivity index (χ1n) is 13.1. The number of carboxylic acids is 2. The van der Waals surface area contributed by atoms with E-state index >= 15 is 0 Å². The maximum Gasteiger partial charge on any atom is 0.327 e. The third-order valence-corrected chi connectivity index (χ3v) is 6.56. The lowest BCUT2D eigenvalue weighted by molar-refractivity contribution is -0.143. The van der Waals surface area contributed by atoms with Gasteiger partial charge in [-0.25, -0.2) is 4.79 Å². The lowest BCUT2D eigenvalue weighted by atomic mass is 10.1. The van der Waals surface area contributed by atoms with E-state index in [-0.39, 0.29) is 24.5 Å². The fraction of sp³-hybridized carbons (Fsp3) is 0.696. The van der Waals surface area contributed by atoms with Crippen LogP contribution in [0, 0.1) is 0 Å². The Hall–Kier alpha value is -3.17. The highest BCUT2D eigenvalue weighted by Gasteiger charge is 2.34. The van der Waals surface area contributed by atoms with Gasteiger partial charge in [0.15, 0.2) is 0 Å². The van der Waals surface area contributed by atoms with E-state index in [9.17, 15) is 48.9 Å². The number of carbonyl (C=O) groups excluding carboxylic acids is 5. The number of aliphatic hydroxyl groups is 2. The van der Waals surface area contributed by atoms with Crippen LogP contribution in [0.5, 0.6) is 0 Å². The SMILES string of the molecule is C[C@@H](O)[C@H](NC(=O)[C@H](CC(=O)O)NC(=O)[C@H](CCCCN)NC(=O)[C@H](CO)NC(=O)[C@@H](N)CS)C(=O)N[C@@H](CS)C(=O)O. The topological polar surface area (TPSA) is 313 Å². The number of aliphatic hydroxyl groups excluding tert-OH is 2. The molecule has 0 fully saturated rings. The average molecular weight is 656 g/mol. The molecule has 0 bridgehead atoms. The van der Waals surface area contributed by atoms with Gasteiger partial charge in [-0.3, -0.25) is 28.8 Å². The molecule has 20 heteroatoms. The van der Waals surface area contributed by atoms with Gasteiger partial charge in [-0.1, -0.05) is 0 Å². The molecule has 0 heterocycles. The molecule has 0 aliphatic rings. The van der Waals surface area contributed by atoms with Gasteiger partial charge in [0, 0.05) is 11.5 Å². The van der Waals surface area contributed by atoms with Crippen molar-refractivity contribution < 1.29 is 54.0 Å². The molecule has 0 saturated carbocycles. The van der Waals surface area contributed by atoms with Crippen molar-refractivity contribution in [1.82, 2.24) is 26.6 Å². The van der Waals surface area contributed by atoms with Gasteiger partial charge < -0.3 is 58.5 Å². The molecule has 7 atom stereocenters. The molecule has 0 saturated heterocycles. The quantitative estimate of drug-likeness (QED) is 0.0406. The van der Waals surface area contributed by atoms with Crippen LogP contribution in [-0.4, -0.2) is 129 Å². The fourth-order valence-electron chi connectivity index (χ4n) is 3.35. The van der Waals surface area contributed by atoms with Crippen molar-refractivity contribution in [2.24, 2.45) is 11.5 Å². The molecule has 0 aromatic carbocycles. The molecule has 0 aliphatic carbocycles. The van der Waals surface area contributed by atoms with Crippen molar-refractivity contribution in [3.63, 3.8) is 0 Å². The van der Waals surface area contributed by atoms with Crippen LogP contribution in [0.1, 0.15) is 32.6 Å². The summed E-state index contributed by atoms with van der Waals surface area (Å²) in [6, 6.07) is -9.05. The van der Waals surface area contributed by atoms with Gasteiger partial charge in [0.2, 0.25) is 29.5 Å². The number of thiol groups is 2. The zero-order chi connectivity index (χ0) is 33.3. The molecular weight excluding hydrogens is 614 g/mol. The normalized spacial score (nSPS) is 15.8. The van der Waals surface area contributed by atoms with Gasteiger partial charge in [0.05, 0.1) is 25.2 Å². The standard InChI is InChI=1S/C23H41N7O11S2/c1-10(32)17(22(39)29-15(9-43)23(40)41)30-20(37)13(6-16(33)34)27-19(36)12(4-2-3-5-24)26-21(38)14(7-31)28-18(35)11(25)8-42/h10-15,17,31-32,42-43H,2-9,24-25H2,1H3,(H,26,38)(H,27,36)(H,28,35)(H,29,39)(H,30,37)(H,33,34)(H,40,41)/t10-,11+,12+,13+,14+,15+,17+/m1/s1. The number of nitrogens with one attached hydrogen (secondary N) is 5. The first-order chi connectivity index (χ1) is 20.1. The summed E-state index contributed by atoms with van der Waals surface area (Å²) in [5.41, 5.74) is 11.0. The first-order valence-corrected chi connectivity index (χ1v) is 14.3. The van der Waals surface area contributed by atoms with Crippen molar-refractivity contribution in [3.8, 4) is 0 Å². The van der Waals surface area contributed by atoms with E-state index < -0.39 is 96.9 Å². The fourth-order valence-corrected chi connectivity index (χ4v) is 3.77. The smallest absolute Gasteiger partial charge is 0.327 e. The van der Waals surface area contributed by atoms with E-state index in [1.807, 2.05) is 0 Å². The summed E-state index contributed by atoms with van der Waals surface area (Å²) in [6.45, 7) is 0.479. The van der Waals surface area contributed by atoms with Crippen LogP contribution in [-0.2, 0) is 33.6 Å². The van der Waals surface area contributed by atoms with Crippen LogP contribution >= 0.6 is 25.3 Å². The molecule has 0 aromatic heterocycles. The van der Waals surface area contributed by atoms with E-state index in [4.69, 9.17) is 16.6 Å². The summed E-state index contributed by atoms with van der Waals surface area (Å²) < 4.78 is 0. The number of nitrogens with two attached hydrogens (primary N) is 2. The molecule has 13 N–H and O–H groups in total. The monoisotopic (exact) mass is 655 g/mol. The Balaban J connectivity index is 5.90. The lowest BCUT2D eigenvalue weighted by Crippen LogP contribution is -2.61. The largest absolute Gasteiger partial charge is 0.481 e. The molecule has 0 rings (SSSR count). The second-order valence-corrected chi connectivity index (χ2v) is 10.1. The summed E-state index contributed by atoms with van der Waals surface area (Å²) in [5, 5.41) is 49.0. The minimum atomic E-state index is -1.82. The van der Waals surface area contributed by atoms with Crippen molar-refractivity contribution in [2.45, 2.75) is 75.0 Å². The molecule has 18 nitrogen and oxygen atoms in total. The Bertz CT molecular complexity index is 989. The minimum Gasteiger partial charge on any atom is -0.481 e. The van der Waals surface area contributed by atoms with Crippen LogP contribution < -0.4 is 38.1 Å². The van der Waals surface area contributed by atoms with Crippen LogP contribution in [0.15, 0.2) is 0 Å². The van der Waals surface area contributed by atoms with E-state index in [2.05, 4.69) is 51.8 Å². The summed E-state index contributed by atoms with van der Waals surface area (Å²) in [6.07, 6.45) is -1.89. The molecule has 0 aromatic rings. The number of rotatable bonds is 21. The van der Waals surface area contributed by atoms with Crippen molar-refractivity contribution >= 4 is 66.7 Å². The highest BCUT2D eigenvalue weighted by molar-refractivity contribution is 7.80. The van der Waals surface area contributed by atoms with Crippen LogP contribution in [0.4, 0.5) is 0 Å². The summed E-state index contributed by atoms with van der Waals surface area (Å²) in [7, 11) is 0. The number of aliphatic carboxylic acids is 2. The molecule has 0 unspecified atom stereocenters. The Labute approximate surface area is 258 Å². The van der Waals surface area contributed by atoms with E-state index in [1.165, 1.54) is 0 Å². The number of hydrogen-bond acceptors (Lipinski definition) is 13. The second kappa shape index (κ2) is 20.7. The van der Waals surface area contributed by atoms with Gasteiger partial charge in [0.25, 0.3) is 0 Å². The number of carboxylic acid groups (broad SMARTS) is 2. The Morgan fingerprint density at radius 2 is 1.23 bits per heavy atom. The first kappa shape index (κ1) is 39.8. The van der Waals surface area contributed by atoms with Crippen LogP contribution in [0.3, 0.4) is 0 Å². The molecule has 0 spiro atoms. The summed E-state index contributed by atoms with van der Waals surface area (Å²) in [5.74, 6) is -8.51. The van der Waals surface area contributed by atoms with Gasteiger partial charge in [-0.05, 0) is 32.7 Å². The van der Waals surface area contributed by atoms with Gasteiger partial charge in [-0.2, -0.15) is 25.3 Å². The average Bonchev–Trinajstić information content (AvgIpc) is 2.94. The predicted octanol–water partition coefficient (Wildman–Crippen LogP) is -5.34. The van der Waals surface area contributed by atoms with Crippen molar-refractivity contribution in [2.75, 3.05) is 24.7 Å². The summed E-state index contributed by atoms with van der Waals surface area (Å²) >= 11 is 7.69. The summed E-state index contributed by atoms with van der Waals surface area (Å²) in [4.78, 5) is 86.2. The predicted molar refractivity (Wildman–Crippen MR) is 157 cm³/mol. The Morgan fingerprint density at radius 3 is 1.70 bits per heavy atom. The van der Waals surface area contributed by atoms with Gasteiger partial charge in [-0.15, -0.1) is 0 Å². The third-order valence-electron chi connectivity index (χ3n) is 5.80. The lowest BCUT2D eigenvalue weighted by Gasteiger charge is -2.27. The minimum absolute atomic E-state index is 0.0442. The van der Waals surface area contributed by atoms with Crippen molar-refractivity contribution in [1.29, 1.82) is 0 Å². The van der Waals surface area contributed by atoms with Crippen LogP contribution in [0.25, 0.3) is 0 Å². The molecule has 0 aliphatic heterocycles. The highest BCUT2D eigenvalue weighted by Crippen LogP contribution is 2.05. The molecule has 43 heavy (non-hydrogen) atoms. The van der Waals surface area contributed by atoms with E-state index in [0.29, 0.717) is 12.8 Å². The molecule has 5 amide bonds. The maximum absolute atomic E-state index is 13.2. The number of unbranched alkanes of at least 4 members (excludes halogenated alkanes) is 1. The highest BCUT2D eigenvalue weighted by atomic mass is 32.1. The Kier molecular flexibility index (Phi) is 19.2. The van der Waals surface area contributed by atoms with Gasteiger partial charge >= 0.3 is 11.9 Å². The van der Waals surface area contributed by atoms with Crippen molar-refractivity contribution in [3.05, 3.63) is 0 Å². The molecule has 246 valence electrons. The van der Waals surface area contributed by atoms with E-state index in [0.717, 1.165) is 6.92 Å². The number of amides is 5. The number of hydrogen-bond donors (Lipinski definition) is 13. The third kappa shape index (κ3) is 14.7. The zero-order valence-electron chi connectivity index (χ0n) is 23.4. The molecule has 0 radical (unpaired) electrons. The maximum atomic E-state index is 13.2. The number of carbonyl (C=O) groups is 7.